The molecule has 0 N–H and O–H groups in total. The first-order chi connectivity index (χ1) is 11.5. The number of hydrogen-bond acceptors (Lipinski definition) is 0. The van der Waals surface area contributed by atoms with Crippen molar-refractivity contribution in [3.8, 4) is 0 Å². The molecule has 0 saturated heterocycles. The van der Waals surface area contributed by atoms with Crippen molar-refractivity contribution in [3.05, 3.63) is 71.1 Å². The number of halogens is 4. The second kappa shape index (κ2) is 7.28. The second-order valence-electron chi connectivity index (χ2n) is 5.25. The summed E-state index contributed by atoms with van der Waals surface area (Å²) in [7, 11) is 0. The third-order valence-corrected chi connectivity index (χ3v) is 5.63. The number of hydrogen-bond donors (Lipinski definition) is 0. The Kier molecular flexibility index (Phi) is 5.50. The van der Waals surface area contributed by atoms with Crippen LogP contribution in [-0.2, 0) is 0 Å². The predicted octanol–water partition coefficient (Wildman–Crippen LogP) is 6.99. The largest absolute Gasteiger partial charge is 0.0984 e. The van der Waals surface area contributed by atoms with Crippen molar-refractivity contribution in [2.24, 2.45) is 0 Å². The van der Waals surface area contributed by atoms with Crippen LogP contribution < -0.4 is 10.4 Å². The molecule has 0 heterocycles. The Bertz CT molecular complexity index is 1030. The topological polar surface area (TPSA) is 0 Å². The maximum Gasteiger partial charge on any atom is 0.0688 e. The van der Waals surface area contributed by atoms with Gasteiger partial charge in [0.05, 0.1) is 6.78 Å². The van der Waals surface area contributed by atoms with Crippen LogP contribution in [0.3, 0.4) is 0 Å². The zero-order valence-corrected chi connectivity index (χ0v) is 18.9. The Labute approximate surface area is 174 Å². The van der Waals surface area contributed by atoms with Gasteiger partial charge < -0.3 is 0 Å². The van der Waals surface area contributed by atoms with Crippen LogP contribution in [0.5, 0.6) is 0 Å². The minimum Gasteiger partial charge on any atom is -0.0984 e. The summed E-state index contributed by atoms with van der Waals surface area (Å²) in [5.41, 5.74) is 2.12. The van der Waals surface area contributed by atoms with Crippen molar-refractivity contribution < 1.29 is 0 Å². The van der Waals surface area contributed by atoms with Gasteiger partial charge in [-0.25, -0.2) is 0 Å². The van der Waals surface area contributed by atoms with Gasteiger partial charge in [-0.15, -0.1) is 0 Å². The highest BCUT2D eigenvalue weighted by atomic mass is 79.9. The van der Waals surface area contributed by atoms with Crippen molar-refractivity contribution in [3.63, 3.8) is 0 Å². The maximum absolute atomic E-state index is 3.94. The van der Waals surface area contributed by atoms with Crippen LogP contribution in [0.1, 0.15) is 11.1 Å². The Morgan fingerprint density at radius 3 is 1.33 bits per heavy atom. The highest BCUT2D eigenvalue weighted by Crippen LogP contribution is 2.26. The molecule has 24 heavy (non-hydrogen) atoms. The van der Waals surface area contributed by atoms with E-state index in [0.717, 1.165) is 39.1 Å². The Hall–Kier alpha value is -0.680. The van der Waals surface area contributed by atoms with Crippen LogP contribution in [0, 0.1) is 0 Å². The molecule has 0 radical (unpaired) electrons. The summed E-state index contributed by atoms with van der Waals surface area (Å²) in [5, 5.41) is 6.88. The van der Waals surface area contributed by atoms with Crippen molar-refractivity contribution >= 4 is 104 Å². The van der Waals surface area contributed by atoms with Gasteiger partial charge in [-0.2, -0.15) is 0 Å². The molecule has 0 unspecified atom stereocenters. The lowest BCUT2D eigenvalue weighted by Gasteiger charge is -2.11. The van der Waals surface area contributed by atoms with Gasteiger partial charge in [-0.3, -0.25) is 0 Å². The van der Waals surface area contributed by atoms with E-state index in [1.807, 2.05) is 12.2 Å². The average molecular weight is 572 g/mol. The van der Waals surface area contributed by atoms with Gasteiger partial charge in [0.15, 0.2) is 0 Å². The molecule has 0 fully saturated rings. The van der Waals surface area contributed by atoms with E-state index in [9.17, 15) is 0 Å². The van der Waals surface area contributed by atoms with E-state index in [2.05, 4.69) is 113 Å². The molecule has 0 aliphatic heterocycles. The van der Waals surface area contributed by atoms with Gasteiger partial charge >= 0.3 is 0 Å². The monoisotopic (exact) mass is 568 g/mol. The van der Waals surface area contributed by atoms with E-state index in [4.69, 9.17) is 0 Å². The van der Waals surface area contributed by atoms with Gasteiger partial charge in [0.1, 0.15) is 0 Å². The maximum atomic E-state index is 3.94. The Balaban J connectivity index is 2.85. The number of fused-ring (bicyclic) bond motifs is 2. The fraction of sp³-hybridized carbons (Fsp3) is 0. The summed E-state index contributed by atoms with van der Waals surface area (Å²) in [6, 6.07) is 12.7. The van der Waals surface area contributed by atoms with E-state index in [-0.39, 0.29) is 0 Å². The van der Waals surface area contributed by atoms with Gasteiger partial charge in [0, 0.05) is 10.4 Å². The first-order valence-corrected chi connectivity index (χ1v) is 10.3. The third-order valence-electron chi connectivity index (χ3n) is 4.05. The van der Waals surface area contributed by atoms with E-state index in [0.29, 0.717) is 0 Å². The Morgan fingerprint density at radius 2 is 1.04 bits per heavy atom. The summed E-state index contributed by atoms with van der Waals surface area (Å²) < 4.78 is 1.85. The molecule has 3 aromatic carbocycles. The molecule has 0 spiro atoms. The zero-order chi connectivity index (χ0) is 17.4. The first-order valence-electron chi connectivity index (χ1n) is 7.13. The van der Waals surface area contributed by atoms with Gasteiger partial charge in [0.25, 0.3) is 0 Å². The van der Waals surface area contributed by atoms with Crippen LogP contribution in [0.4, 0.5) is 0 Å². The van der Waals surface area contributed by atoms with Crippen LogP contribution >= 0.6 is 63.7 Å². The summed E-state index contributed by atoms with van der Waals surface area (Å²) in [5.74, 6) is 0. The van der Waals surface area contributed by atoms with Crippen LogP contribution in [0.25, 0.3) is 40.5 Å². The van der Waals surface area contributed by atoms with Crippen molar-refractivity contribution in [1.29, 1.82) is 0 Å². The molecule has 0 aromatic heterocycles. The molecule has 0 saturated carbocycles. The molecule has 0 amide bonds. The number of benzene rings is 3. The van der Waals surface area contributed by atoms with E-state index < -0.39 is 0 Å². The standard InChI is InChI=1S/C20H12Br4/c1-3-11-9-15-16(10-12(11)4-2)18(20(23)24)14-8-6-5-7-13(14)17(15)19(21)22/h3-10H,1-2H2. The van der Waals surface area contributed by atoms with Crippen LogP contribution in [0.2, 0.25) is 0 Å². The van der Waals surface area contributed by atoms with Gasteiger partial charge in [-0.1, -0.05) is 49.6 Å². The molecule has 0 bridgehead atoms. The fourth-order valence-corrected chi connectivity index (χ4v) is 4.73. The molecule has 0 atom stereocenters. The van der Waals surface area contributed by atoms with Crippen LogP contribution in [-0.4, -0.2) is 0 Å². The molecular weight excluding hydrogens is 560 g/mol. The van der Waals surface area contributed by atoms with Crippen LogP contribution in [0.15, 0.2) is 49.6 Å². The smallest absolute Gasteiger partial charge is 0.0688 e. The van der Waals surface area contributed by atoms with Gasteiger partial charge in [-0.05, 0) is 109 Å². The molecular formula is C20H12Br4. The lowest BCUT2D eigenvalue weighted by molar-refractivity contribution is 1.64. The summed E-state index contributed by atoms with van der Waals surface area (Å²) >= 11 is 14.5. The predicted molar refractivity (Wildman–Crippen MR) is 123 cm³/mol. The first kappa shape index (κ1) is 18.1. The lowest BCUT2D eigenvalue weighted by Crippen LogP contribution is -2.16. The molecule has 0 nitrogen and oxygen atoms in total. The second-order valence-corrected chi connectivity index (χ2v) is 10.6. The SMILES string of the molecule is C=Cc1cc2c(=C(Br)Br)c3ccccc3c(=C(Br)Br)c2cc1C=C. The summed E-state index contributed by atoms with van der Waals surface area (Å²) in [4.78, 5) is 0. The van der Waals surface area contributed by atoms with Gasteiger partial charge in [0.2, 0.25) is 0 Å². The van der Waals surface area contributed by atoms with E-state index >= 15 is 0 Å². The molecule has 120 valence electrons. The molecule has 4 heteroatoms. The minimum absolute atomic E-state index is 0.926. The minimum atomic E-state index is 0.926. The molecule has 0 aliphatic carbocycles. The molecule has 0 aliphatic rings. The van der Waals surface area contributed by atoms with Crippen molar-refractivity contribution in [2.75, 3.05) is 0 Å². The quantitative estimate of drug-likeness (QED) is 0.291. The van der Waals surface area contributed by atoms with E-state index in [1.54, 1.807) is 0 Å². The zero-order valence-electron chi connectivity index (χ0n) is 12.5. The molecule has 3 aromatic rings. The van der Waals surface area contributed by atoms with Crippen molar-refractivity contribution in [2.45, 2.75) is 0 Å². The third kappa shape index (κ3) is 2.98. The summed E-state index contributed by atoms with van der Waals surface area (Å²) in [6.45, 7) is 7.88. The highest BCUT2D eigenvalue weighted by molar-refractivity contribution is 9.34. The molecule has 3 rings (SSSR count). The van der Waals surface area contributed by atoms with E-state index in [1.165, 1.54) is 10.8 Å². The lowest BCUT2D eigenvalue weighted by atomic mass is 9.94. The fourth-order valence-electron chi connectivity index (χ4n) is 3.02. The average Bonchev–Trinajstić information content (AvgIpc) is 2.57. The summed E-state index contributed by atoms with van der Waals surface area (Å²) in [6.07, 6.45) is 3.73. The number of rotatable bonds is 2. The Morgan fingerprint density at radius 1 is 0.667 bits per heavy atom. The highest BCUT2D eigenvalue weighted by Gasteiger charge is 2.11. The van der Waals surface area contributed by atoms with Crippen molar-refractivity contribution in [1.82, 2.24) is 0 Å². The normalized spacial score (nSPS) is 10.8.